The van der Waals surface area contributed by atoms with Crippen LogP contribution in [0.1, 0.15) is 53.4 Å². The van der Waals surface area contributed by atoms with Crippen LogP contribution in [0.25, 0.3) is 0 Å². The van der Waals surface area contributed by atoms with Gasteiger partial charge in [0.25, 0.3) is 0 Å². The number of hydrogen-bond donors (Lipinski definition) is 2. The van der Waals surface area contributed by atoms with Crippen molar-refractivity contribution in [1.82, 2.24) is 10.6 Å². The third-order valence-corrected chi connectivity index (χ3v) is 3.79. The molecule has 1 rings (SSSR count). The Morgan fingerprint density at radius 3 is 2.38 bits per heavy atom. The van der Waals surface area contributed by atoms with Crippen LogP contribution >= 0.6 is 0 Å². The van der Waals surface area contributed by atoms with E-state index in [4.69, 9.17) is 0 Å². The quantitative estimate of drug-likeness (QED) is 0.763. The fraction of sp³-hybridized carbons (Fsp3) is 0.923. The van der Waals surface area contributed by atoms with E-state index in [-0.39, 0.29) is 12.1 Å². The van der Waals surface area contributed by atoms with Crippen molar-refractivity contribution in [1.29, 1.82) is 0 Å². The average molecular weight is 226 g/mol. The second-order valence-electron chi connectivity index (χ2n) is 5.52. The smallest absolute Gasteiger partial charge is 0.315 e. The molecule has 0 bridgehead atoms. The fourth-order valence-electron chi connectivity index (χ4n) is 2.11. The van der Waals surface area contributed by atoms with E-state index in [0.29, 0.717) is 17.9 Å². The lowest BCUT2D eigenvalue weighted by molar-refractivity contribution is 0.216. The summed E-state index contributed by atoms with van der Waals surface area (Å²) in [6.45, 7) is 8.52. The van der Waals surface area contributed by atoms with Crippen molar-refractivity contribution in [3.05, 3.63) is 0 Å². The van der Waals surface area contributed by atoms with Crippen LogP contribution in [0.3, 0.4) is 0 Å². The highest BCUT2D eigenvalue weighted by Crippen LogP contribution is 2.23. The highest BCUT2D eigenvalue weighted by atomic mass is 16.2. The first-order valence-electron chi connectivity index (χ1n) is 6.57. The van der Waals surface area contributed by atoms with Crippen LogP contribution in [0, 0.1) is 11.8 Å². The molecule has 0 heterocycles. The second kappa shape index (κ2) is 6.12. The number of carbonyl (C=O) groups excluding carboxylic acids is 1. The molecule has 0 aromatic heterocycles. The van der Waals surface area contributed by atoms with Gasteiger partial charge in [-0.1, -0.05) is 33.6 Å². The third-order valence-electron chi connectivity index (χ3n) is 3.79. The van der Waals surface area contributed by atoms with Gasteiger partial charge in [-0.25, -0.2) is 4.79 Å². The summed E-state index contributed by atoms with van der Waals surface area (Å²) in [6.07, 6.45) is 4.92. The maximum atomic E-state index is 11.7. The van der Waals surface area contributed by atoms with Crippen LogP contribution in [-0.4, -0.2) is 18.1 Å². The Kier molecular flexibility index (Phi) is 5.10. The summed E-state index contributed by atoms with van der Waals surface area (Å²) in [5, 5.41) is 6.10. The molecule has 3 unspecified atom stereocenters. The number of nitrogens with one attached hydrogen (secondary N) is 2. The molecule has 0 radical (unpaired) electrons. The van der Waals surface area contributed by atoms with Crippen molar-refractivity contribution in [2.75, 3.05) is 0 Å². The molecule has 3 nitrogen and oxygen atoms in total. The van der Waals surface area contributed by atoms with Gasteiger partial charge < -0.3 is 10.6 Å². The molecule has 94 valence electrons. The Labute approximate surface area is 99.4 Å². The Morgan fingerprint density at radius 1 is 1.19 bits per heavy atom. The lowest BCUT2D eigenvalue weighted by Crippen LogP contribution is -2.49. The van der Waals surface area contributed by atoms with Crippen LogP contribution in [0.15, 0.2) is 0 Å². The summed E-state index contributed by atoms with van der Waals surface area (Å²) < 4.78 is 0. The van der Waals surface area contributed by atoms with E-state index in [0.717, 1.165) is 6.42 Å². The summed E-state index contributed by atoms with van der Waals surface area (Å²) in [7, 11) is 0. The second-order valence-corrected chi connectivity index (χ2v) is 5.52. The Morgan fingerprint density at radius 2 is 1.81 bits per heavy atom. The SMILES string of the molecule is CC(C)C(C)NC(=O)NC1CCCCC1C. The maximum absolute atomic E-state index is 11.7. The van der Waals surface area contributed by atoms with Crippen molar-refractivity contribution >= 4 is 6.03 Å². The molecular weight excluding hydrogens is 200 g/mol. The predicted octanol–water partition coefficient (Wildman–Crippen LogP) is 2.91. The van der Waals surface area contributed by atoms with E-state index in [1.165, 1.54) is 19.3 Å². The molecule has 3 atom stereocenters. The molecule has 2 N–H and O–H groups in total. The zero-order valence-corrected chi connectivity index (χ0v) is 11.0. The largest absolute Gasteiger partial charge is 0.335 e. The first kappa shape index (κ1) is 13.3. The van der Waals surface area contributed by atoms with Crippen molar-refractivity contribution in [3.8, 4) is 0 Å². The molecule has 16 heavy (non-hydrogen) atoms. The third kappa shape index (κ3) is 4.03. The molecule has 1 fully saturated rings. The zero-order valence-electron chi connectivity index (χ0n) is 11.0. The van der Waals surface area contributed by atoms with E-state index in [1.54, 1.807) is 0 Å². The number of carbonyl (C=O) groups is 1. The fourth-order valence-corrected chi connectivity index (χ4v) is 2.11. The minimum absolute atomic E-state index is 0.0000463. The molecule has 0 spiro atoms. The van der Waals surface area contributed by atoms with Crippen LogP contribution in [0.5, 0.6) is 0 Å². The lowest BCUT2D eigenvalue weighted by Gasteiger charge is -2.30. The molecule has 0 saturated heterocycles. The van der Waals surface area contributed by atoms with Gasteiger partial charge in [-0.3, -0.25) is 0 Å². The molecule has 0 aromatic rings. The maximum Gasteiger partial charge on any atom is 0.315 e. The standard InChI is InChI=1S/C13H26N2O/c1-9(2)11(4)14-13(16)15-12-8-6-5-7-10(12)3/h9-12H,5-8H2,1-4H3,(H2,14,15,16). The predicted molar refractivity (Wildman–Crippen MR) is 67.4 cm³/mol. The Balaban J connectivity index is 2.32. The number of rotatable bonds is 3. The van der Waals surface area contributed by atoms with Gasteiger partial charge in [0.2, 0.25) is 0 Å². The minimum Gasteiger partial charge on any atom is -0.335 e. The average Bonchev–Trinajstić information content (AvgIpc) is 2.21. The first-order valence-corrected chi connectivity index (χ1v) is 6.57. The van der Waals surface area contributed by atoms with Crippen LogP contribution in [-0.2, 0) is 0 Å². The molecule has 0 aromatic carbocycles. The Hall–Kier alpha value is -0.730. The van der Waals surface area contributed by atoms with Crippen LogP contribution < -0.4 is 10.6 Å². The van der Waals surface area contributed by atoms with Gasteiger partial charge in [-0.05, 0) is 31.6 Å². The first-order chi connectivity index (χ1) is 7.50. The number of urea groups is 1. The van der Waals surface area contributed by atoms with Gasteiger partial charge in [0.15, 0.2) is 0 Å². The summed E-state index contributed by atoms with van der Waals surface area (Å²) >= 11 is 0. The van der Waals surface area contributed by atoms with Crippen molar-refractivity contribution in [2.24, 2.45) is 11.8 Å². The molecule has 1 aliphatic carbocycles. The van der Waals surface area contributed by atoms with Crippen molar-refractivity contribution in [2.45, 2.75) is 65.5 Å². The van der Waals surface area contributed by atoms with Crippen molar-refractivity contribution in [3.63, 3.8) is 0 Å². The van der Waals surface area contributed by atoms with E-state index < -0.39 is 0 Å². The number of hydrogen-bond acceptors (Lipinski definition) is 1. The monoisotopic (exact) mass is 226 g/mol. The van der Waals surface area contributed by atoms with Gasteiger partial charge in [0, 0.05) is 12.1 Å². The van der Waals surface area contributed by atoms with Gasteiger partial charge in [0.1, 0.15) is 0 Å². The molecule has 3 heteroatoms. The summed E-state index contributed by atoms with van der Waals surface area (Å²) in [6, 6.07) is 0.604. The van der Waals surface area contributed by atoms with Gasteiger partial charge in [-0.15, -0.1) is 0 Å². The summed E-state index contributed by atoms with van der Waals surface area (Å²) in [5.41, 5.74) is 0. The molecular formula is C13H26N2O. The van der Waals surface area contributed by atoms with Crippen molar-refractivity contribution < 1.29 is 4.79 Å². The van der Waals surface area contributed by atoms with E-state index in [2.05, 4.69) is 38.3 Å². The molecule has 1 saturated carbocycles. The minimum atomic E-state index is -0.0000463. The summed E-state index contributed by atoms with van der Waals surface area (Å²) in [4.78, 5) is 11.7. The summed E-state index contributed by atoms with van der Waals surface area (Å²) in [5.74, 6) is 1.10. The Bertz CT molecular complexity index is 228. The van der Waals surface area contributed by atoms with Gasteiger partial charge in [-0.2, -0.15) is 0 Å². The highest BCUT2D eigenvalue weighted by Gasteiger charge is 2.23. The molecule has 2 amide bonds. The van der Waals surface area contributed by atoms with Crippen LogP contribution in [0.2, 0.25) is 0 Å². The zero-order chi connectivity index (χ0) is 12.1. The molecule has 0 aliphatic heterocycles. The van der Waals surface area contributed by atoms with E-state index in [9.17, 15) is 4.79 Å². The normalized spacial score (nSPS) is 27.6. The highest BCUT2D eigenvalue weighted by molar-refractivity contribution is 5.74. The van der Waals surface area contributed by atoms with Gasteiger partial charge >= 0.3 is 6.03 Å². The van der Waals surface area contributed by atoms with Gasteiger partial charge in [0.05, 0.1) is 0 Å². The van der Waals surface area contributed by atoms with Crippen LogP contribution in [0.4, 0.5) is 4.79 Å². The topological polar surface area (TPSA) is 41.1 Å². The molecule has 1 aliphatic rings. The van der Waals surface area contributed by atoms with E-state index >= 15 is 0 Å². The number of amides is 2. The van der Waals surface area contributed by atoms with E-state index in [1.807, 2.05) is 0 Å². The lowest BCUT2D eigenvalue weighted by atomic mass is 9.86.